The molecule has 6 heteroatoms. The number of hydrogen-bond donors (Lipinski definition) is 1. The van der Waals surface area contributed by atoms with Crippen LogP contribution in [0.3, 0.4) is 0 Å². The lowest BCUT2D eigenvalue weighted by Crippen LogP contribution is -2.37. The standard InChI is InChI=1S/C17H26N4OS/c1-3-13-12-14-16(19-15(4-2)20-17(14)23-13)18-6-5-7-21-8-10-22-11-9-21/h12H,3-11H2,1-2H3,(H,18,19,20). The Balaban J connectivity index is 1.62. The summed E-state index contributed by atoms with van der Waals surface area (Å²) >= 11 is 1.79. The average molecular weight is 334 g/mol. The van der Waals surface area contributed by atoms with Crippen molar-refractivity contribution in [1.29, 1.82) is 0 Å². The molecule has 5 nitrogen and oxygen atoms in total. The number of hydrogen-bond acceptors (Lipinski definition) is 6. The fourth-order valence-corrected chi connectivity index (χ4v) is 3.80. The fraction of sp³-hybridized carbons (Fsp3) is 0.647. The molecule has 1 saturated heterocycles. The van der Waals surface area contributed by atoms with Gasteiger partial charge in [-0.1, -0.05) is 13.8 Å². The second-order valence-corrected chi connectivity index (χ2v) is 6.98. The van der Waals surface area contributed by atoms with E-state index in [2.05, 4.69) is 35.1 Å². The molecule has 0 aliphatic carbocycles. The molecule has 23 heavy (non-hydrogen) atoms. The number of rotatable bonds is 7. The van der Waals surface area contributed by atoms with E-state index >= 15 is 0 Å². The van der Waals surface area contributed by atoms with Crippen molar-refractivity contribution in [2.24, 2.45) is 0 Å². The highest BCUT2D eigenvalue weighted by atomic mass is 32.1. The highest BCUT2D eigenvalue weighted by molar-refractivity contribution is 7.18. The summed E-state index contributed by atoms with van der Waals surface area (Å²) < 4.78 is 5.39. The van der Waals surface area contributed by atoms with Gasteiger partial charge in [0.1, 0.15) is 16.5 Å². The molecule has 126 valence electrons. The van der Waals surface area contributed by atoms with Crippen molar-refractivity contribution in [1.82, 2.24) is 14.9 Å². The van der Waals surface area contributed by atoms with Gasteiger partial charge in [-0.15, -0.1) is 11.3 Å². The van der Waals surface area contributed by atoms with Gasteiger partial charge in [0.25, 0.3) is 0 Å². The number of anilines is 1. The summed E-state index contributed by atoms with van der Waals surface area (Å²) in [7, 11) is 0. The zero-order chi connectivity index (χ0) is 16.1. The summed E-state index contributed by atoms with van der Waals surface area (Å²) in [6.45, 7) is 10.2. The molecule has 2 aromatic rings. The molecule has 3 rings (SSSR count). The van der Waals surface area contributed by atoms with Crippen LogP contribution >= 0.6 is 11.3 Å². The van der Waals surface area contributed by atoms with Gasteiger partial charge in [0.15, 0.2) is 0 Å². The Labute approximate surface area is 142 Å². The molecule has 0 saturated carbocycles. The van der Waals surface area contributed by atoms with E-state index in [1.54, 1.807) is 11.3 Å². The van der Waals surface area contributed by atoms with Crippen molar-refractivity contribution < 1.29 is 4.74 Å². The lowest BCUT2D eigenvalue weighted by atomic mass is 10.3. The Kier molecular flexibility index (Phi) is 5.80. The molecule has 1 fully saturated rings. The van der Waals surface area contributed by atoms with Crippen LogP contribution in [-0.2, 0) is 17.6 Å². The van der Waals surface area contributed by atoms with E-state index < -0.39 is 0 Å². The number of fused-ring (bicyclic) bond motifs is 1. The minimum atomic E-state index is 0.870. The zero-order valence-corrected chi connectivity index (χ0v) is 14.9. The highest BCUT2D eigenvalue weighted by Crippen LogP contribution is 2.29. The SMILES string of the molecule is CCc1nc(NCCCN2CCOCC2)c2cc(CC)sc2n1. The van der Waals surface area contributed by atoms with Crippen LogP contribution < -0.4 is 5.32 Å². The molecular formula is C17H26N4OS. The number of aryl methyl sites for hydroxylation is 2. The van der Waals surface area contributed by atoms with E-state index in [9.17, 15) is 0 Å². The van der Waals surface area contributed by atoms with E-state index in [4.69, 9.17) is 9.72 Å². The first-order valence-corrected chi connectivity index (χ1v) is 9.45. The number of nitrogens with one attached hydrogen (secondary N) is 1. The summed E-state index contributed by atoms with van der Waals surface area (Å²) in [6.07, 6.45) is 3.05. The van der Waals surface area contributed by atoms with E-state index in [0.717, 1.165) is 75.1 Å². The second kappa shape index (κ2) is 8.04. The Morgan fingerprint density at radius 2 is 2.04 bits per heavy atom. The lowest BCUT2D eigenvalue weighted by molar-refractivity contribution is 0.0378. The predicted octanol–water partition coefficient (Wildman–Crippen LogP) is 2.95. The molecule has 0 amide bonds. The quantitative estimate of drug-likeness (QED) is 0.789. The first-order chi connectivity index (χ1) is 11.3. The number of nitrogens with zero attached hydrogens (tertiary/aromatic N) is 3. The van der Waals surface area contributed by atoms with Gasteiger partial charge < -0.3 is 10.1 Å². The van der Waals surface area contributed by atoms with Gasteiger partial charge in [0.05, 0.1) is 18.6 Å². The van der Waals surface area contributed by atoms with Crippen LogP contribution in [0.5, 0.6) is 0 Å². The molecule has 1 N–H and O–H groups in total. The molecule has 0 bridgehead atoms. The maximum absolute atomic E-state index is 5.39. The van der Waals surface area contributed by atoms with Gasteiger partial charge in [-0.2, -0.15) is 0 Å². The smallest absolute Gasteiger partial charge is 0.138 e. The number of morpholine rings is 1. The van der Waals surface area contributed by atoms with E-state index in [-0.39, 0.29) is 0 Å². The normalized spacial score (nSPS) is 16.1. The summed E-state index contributed by atoms with van der Waals surface area (Å²) in [4.78, 5) is 14.3. The lowest BCUT2D eigenvalue weighted by Gasteiger charge is -2.26. The van der Waals surface area contributed by atoms with Gasteiger partial charge in [-0.05, 0) is 25.5 Å². The minimum absolute atomic E-state index is 0.870. The molecule has 1 aliphatic heterocycles. The van der Waals surface area contributed by atoms with Gasteiger partial charge >= 0.3 is 0 Å². The Morgan fingerprint density at radius 3 is 2.78 bits per heavy atom. The van der Waals surface area contributed by atoms with Crippen LogP contribution in [0.2, 0.25) is 0 Å². The van der Waals surface area contributed by atoms with Crippen LogP contribution in [-0.4, -0.2) is 54.3 Å². The molecule has 0 atom stereocenters. The molecule has 0 radical (unpaired) electrons. The largest absolute Gasteiger partial charge is 0.379 e. The third-order valence-electron chi connectivity index (χ3n) is 4.20. The Hall–Kier alpha value is -1.24. The molecule has 0 spiro atoms. The maximum atomic E-state index is 5.39. The van der Waals surface area contributed by atoms with Crippen LogP contribution in [0.25, 0.3) is 10.2 Å². The van der Waals surface area contributed by atoms with Crippen molar-refractivity contribution >= 4 is 27.4 Å². The van der Waals surface area contributed by atoms with Crippen LogP contribution in [0.15, 0.2) is 6.07 Å². The number of ether oxygens (including phenoxy) is 1. The van der Waals surface area contributed by atoms with E-state index in [1.807, 2.05) is 0 Å². The molecule has 0 unspecified atom stereocenters. The van der Waals surface area contributed by atoms with Gasteiger partial charge in [0.2, 0.25) is 0 Å². The third-order valence-corrected chi connectivity index (χ3v) is 5.38. The summed E-state index contributed by atoms with van der Waals surface area (Å²) in [5.41, 5.74) is 0. The molecule has 2 aromatic heterocycles. The maximum Gasteiger partial charge on any atom is 0.138 e. The fourth-order valence-electron chi connectivity index (χ4n) is 2.82. The zero-order valence-electron chi connectivity index (χ0n) is 14.1. The van der Waals surface area contributed by atoms with Gasteiger partial charge in [-0.3, -0.25) is 4.90 Å². The van der Waals surface area contributed by atoms with E-state index in [0.29, 0.717) is 0 Å². The first-order valence-electron chi connectivity index (χ1n) is 8.63. The van der Waals surface area contributed by atoms with Gasteiger partial charge in [-0.25, -0.2) is 9.97 Å². The van der Waals surface area contributed by atoms with Crippen molar-refractivity contribution in [3.8, 4) is 0 Å². The Bertz CT molecular complexity index is 637. The number of thiophene rings is 1. The van der Waals surface area contributed by atoms with E-state index in [1.165, 1.54) is 10.3 Å². The van der Waals surface area contributed by atoms with Crippen molar-refractivity contribution in [3.05, 3.63) is 16.8 Å². The summed E-state index contributed by atoms with van der Waals surface area (Å²) in [5.74, 6) is 1.93. The monoisotopic (exact) mass is 334 g/mol. The topological polar surface area (TPSA) is 50.3 Å². The molecule has 1 aliphatic rings. The predicted molar refractivity (Wildman–Crippen MR) is 96.5 cm³/mol. The highest BCUT2D eigenvalue weighted by Gasteiger charge is 2.12. The summed E-state index contributed by atoms with van der Waals surface area (Å²) in [6, 6.07) is 2.24. The van der Waals surface area contributed by atoms with Crippen molar-refractivity contribution in [2.45, 2.75) is 33.1 Å². The van der Waals surface area contributed by atoms with Crippen LogP contribution in [0, 0.1) is 0 Å². The summed E-state index contributed by atoms with van der Waals surface area (Å²) in [5, 5.41) is 4.71. The Morgan fingerprint density at radius 1 is 1.22 bits per heavy atom. The van der Waals surface area contributed by atoms with Crippen LogP contribution in [0.1, 0.15) is 31.0 Å². The molecule has 3 heterocycles. The van der Waals surface area contributed by atoms with Gasteiger partial charge in [0, 0.05) is 30.9 Å². The molecule has 0 aromatic carbocycles. The number of aromatic nitrogens is 2. The van der Waals surface area contributed by atoms with Crippen LogP contribution in [0.4, 0.5) is 5.82 Å². The second-order valence-electron chi connectivity index (χ2n) is 5.86. The molecular weight excluding hydrogens is 308 g/mol. The minimum Gasteiger partial charge on any atom is -0.379 e. The van der Waals surface area contributed by atoms with Crippen molar-refractivity contribution in [2.75, 3.05) is 44.7 Å². The van der Waals surface area contributed by atoms with Crippen molar-refractivity contribution in [3.63, 3.8) is 0 Å². The third kappa shape index (κ3) is 4.19. The first kappa shape index (κ1) is 16.6. The average Bonchev–Trinajstić information content (AvgIpc) is 3.02.